The van der Waals surface area contributed by atoms with Crippen LogP contribution >= 0.6 is 34.5 Å². The molecule has 4 atom stereocenters. The van der Waals surface area contributed by atoms with Crippen LogP contribution in [-0.2, 0) is 10.2 Å². The molecule has 204 valence electrons. The van der Waals surface area contributed by atoms with E-state index in [2.05, 4.69) is 16.7 Å². The fourth-order valence-electron chi connectivity index (χ4n) is 5.34. The molecule has 2 aromatic carbocycles. The average Bonchev–Trinajstić information content (AvgIpc) is 3.43. The average molecular weight is 592 g/mol. The maximum Gasteiger partial charge on any atom is 0.348 e. The second-order valence-corrected chi connectivity index (χ2v) is 12.4. The van der Waals surface area contributed by atoms with Gasteiger partial charge in [0.2, 0.25) is 5.91 Å². The zero-order valence-electron chi connectivity index (χ0n) is 21.2. The van der Waals surface area contributed by atoms with Crippen molar-refractivity contribution in [2.45, 2.75) is 50.6 Å². The van der Waals surface area contributed by atoms with Crippen molar-refractivity contribution < 1.29 is 23.5 Å². The van der Waals surface area contributed by atoms with Gasteiger partial charge in [-0.25, -0.2) is 13.6 Å². The van der Waals surface area contributed by atoms with Crippen LogP contribution in [0.4, 0.5) is 14.5 Å². The van der Waals surface area contributed by atoms with E-state index in [1.54, 1.807) is 0 Å². The third-order valence-electron chi connectivity index (χ3n) is 6.85. The van der Waals surface area contributed by atoms with Crippen molar-refractivity contribution in [1.82, 2.24) is 5.32 Å². The third kappa shape index (κ3) is 5.39. The van der Waals surface area contributed by atoms with E-state index in [0.29, 0.717) is 6.42 Å². The number of hydrogen-bond acceptors (Lipinski definition) is 5. The molecule has 0 bridgehead atoms. The van der Waals surface area contributed by atoms with Crippen LogP contribution < -0.4 is 10.6 Å². The Morgan fingerprint density at radius 1 is 1.21 bits per heavy atom. The Balaban J connectivity index is 1.97. The van der Waals surface area contributed by atoms with E-state index in [1.165, 1.54) is 41.8 Å². The topological polar surface area (TPSA) is 102 Å². The quantitative estimate of drug-likeness (QED) is 0.286. The monoisotopic (exact) mass is 591 g/mol. The number of nitrogens with one attached hydrogen (secondary N) is 2. The molecule has 1 aliphatic rings. The Morgan fingerprint density at radius 2 is 1.92 bits per heavy atom. The standard InChI is InChI=1S/C28H25Cl2F2N3O3S/c1-27(2,3)12-20-28(13-33,16-8-7-14(29)11-18(16)31)21(15-5-4-6-17(30)22(15)32)23(35-20)25(36)34-19-9-10-39-24(19)26(37)38/h4-11,20-21,23,35H,12H2,1-3H3,(H,34,36)(H,37,38)/t20-,21-,23+,28-/m0/s1. The number of thiophene rings is 1. The SMILES string of the molecule is CC(C)(C)C[C@@H]1N[C@@H](C(=O)Nc2ccsc2C(=O)O)[C@H](c2cccc(Cl)c2F)[C@@]1(C#N)c1ccc(Cl)cc1F. The van der Waals surface area contributed by atoms with Crippen LogP contribution in [0, 0.1) is 28.4 Å². The summed E-state index contributed by atoms with van der Waals surface area (Å²) in [6, 6.07) is 9.78. The molecule has 1 amide bonds. The molecule has 0 spiro atoms. The van der Waals surface area contributed by atoms with Gasteiger partial charge in [0, 0.05) is 22.5 Å². The lowest BCUT2D eigenvalue weighted by Gasteiger charge is -2.37. The smallest absolute Gasteiger partial charge is 0.348 e. The summed E-state index contributed by atoms with van der Waals surface area (Å²) in [7, 11) is 0. The number of carboxylic acid groups (broad SMARTS) is 1. The molecule has 0 saturated carbocycles. The number of amides is 1. The van der Waals surface area contributed by atoms with Crippen molar-refractivity contribution in [2.75, 3.05) is 5.32 Å². The lowest BCUT2D eigenvalue weighted by molar-refractivity contribution is -0.118. The van der Waals surface area contributed by atoms with Gasteiger partial charge in [0.25, 0.3) is 0 Å². The first kappa shape index (κ1) is 29.0. The fourth-order valence-corrected chi connectivity index (χ4v) is 6.37. The highest BCUT2D eigenvalue weighted by molar-refractivity contribution is 7.12. The molecule has 1 fully saturated rings. The van der Waals surface area contributed by atoms with E-state index < -0.39 is 52.3 Å². The van der Waals surface area contributed by atoms with Crippen LogP contribution in [0.3, 0.4) is 0 Å². The fraction of sp³-hybridized carbons (Fsp3) is 0.321. The van der Waals surface area contributed by atoms with Crippen molar-refractivity contribution in [3.05, 3.63) is 85.5 Å². The van der Waals surface area contributed by atoms with E-state index in [4.69, 9.17) is 23.2 Å². The summed E-state index contributed by atoms with van der Waals surface area (Å²) < 4.78 is 31.3. The molecule has 1 aliphatic heterocycles. The number of aromatic carboxylic acids is 1. The number of halogens is 4. The first-order valence-corrected chi connectivity index (χ1v) is 13.6. The number of carbonyl (C=O) groups excluding carboxylic acids is 1. The van der Waals surface area contributed by atoms with E-state index in [0.717, 1.165) is 17.4 Å². The normalized spacial score (nSPS) is 22.9. The van der Waals surface area contributed by atoms with Crippen LogP contribution in [0.1, 0.15) is 53.9 Å². The largest absolute Gasteiger partial charge is 0.477 e. The van der Waals surface area contributed by atoms with E-state index in [9.17, 15) is 20.0 Å². The molecule has 2 heterocycles. The van der Waals surface area contributed by atoms with E-state index in [-0.39, 0.29) is 31.7 Å². The van der Waals surface area contributed by atoms with Gasteiger partial charge in [-0.1, -0.05) is 62.2 Å². The minimum absolute atomic E-state index is 0.0439. The minimum Gasteiger partial charge on any atom is -0.477 e. The van der Waals surface area contributed by atoms with Gasteiger partial charge < -0.3 is 15.7 Å². The Morgan fingerprint density at radius 3 is 2.54 bits per heavy atom. The molecule has 0 unspecified atom stereocenters. The zero-order valence-corrected chi connectivity index (χ0v) is 23.5. The number of nitriles is 1. The minimum atomic E-state index is -1.78. The van der Waals surface area contributed by atoms with E-state index >= 15 is 8.78 Å². The van der Waals surface area contributed by atoms with Gasteiger partial charge in [0.15, 0.2) is 0 Å². The number of hydrogen-bond donors (Lipinski definition) is 3. The number of benzene rings is 2. The Kier molecular flexibility index (Phi) is 8.06. The van der Waals surface area contributed by atoms with Gasteiger partial charge in [-0.2, -0.15) is 5.26 Å². The molecular formula is C28H25Cl2F2N3O3S. The molecule has 3 aromatic rings. The van der Waals surface area contributed by atoms with Crippen LogP contribution in [0.25, 0.3) is 0 Å². The van der Waals surface area contributed by atoms with Gasteiger partial charge in [-0.3, -0.25) is 4.79 Å². The first-order chi connectivity index (χ1) is 18.3. The second kappa shape index (κ2) is 10.9. The number of rotatable bonds is 6. The van der Waals surface area contributed by atoms with Gasteiger partial charge in [-0.05, 0) is 47.0 Å². The lowest BCUT2D eigenvalue weighted by atomic mass is 9.62. The number of anilines is 1. The van der Waals surface area contributed by atoms with Crippen LogP contribution in [0.15, 0.2) is 47.8 Å². The number of carboxylic acids is 1. The predicted molar refractivity (Wildman–Crippen MR) is 148 cm³/mol. The third-order valence-corrected chi connectivity index (χ3v) is 8.28. The summed E-state index contributed by atoms with van der Waals surface area (Å²) in [5.74, 6) is -4.79. The molecule has 4 rings (SSSR count). The molecule has 0 aliphatic carbocycles. The van der Waals surface area contributed by atoms with Crippen molar-refractivity contribution in [3.63, 3.8) is 0 Å². The second-order valence-electron chi connectivity index (χ2n) is 10.6. The van der Waals surface area contributed by atoms with Gasteiger partial charge in [0.05, 0.1) is 22.8 Å². The highest BCUT2D eigenvalue weighted by Crippen LogP contribution is 2.53. The summed E-state index contributed by atoms with van der Waals surface area (Å²) in [6.07, 6.45) is 0.309. The summed E-state index contributed by atoms with van der Waals surface area (Å²) in [6.45, 7) is 5.80. The molecule has 1 saturated heterocycles. The Hall–Kier alpha value is -3.03. The molecular weight excluding hydrogens is 567 g/mol. The molecule has 0 radical (unpaired) electrons. The van der Waals surface area contributed by atoms with Crippen molar-refractivity contribution >= 4 is 52.1 Å². The van der Waals surface area contributed by atoms with Crippen molar-refractivity contribution in [1.29, 1.82) is 5.26 Å². The van der Waals surface area contributed by atoms with Gasteiger partial charge >= 0.3 is 5.97 Å². The van der Waals surface area contributed by atoms with E-state index in [1.807, 2.05) is 20.8 Å². The van der Waals surface area contributed by atoms with Crippen LogP contribution in [0.2, 0.25) is 10.0 Å². The van der Waals surface area contributed by atoms with Gasteiger partial charge in [0.1, 0.15) is 21.9 Å². The lowest BCUT2D eigenvalue weighted by Crippen LogP contribution is -2.45. The summed E-state index contributed by atoms with van der Waals surface area (Å²) in [5, 5.41) is 27.6. The molecule has 1 aromatic heterocycles. The van der Waals surface area contributed by atoms with Gasteiger partial charge in [-0.15, -0.1) is 11.3 Å². The summed E-state index contributed by atoms with van der Waals surface area (Å²) >= 11 is 13.1. The molecule has 3 N–H and O–H groups in total. The Bertz CT molecular complexity index is 1480. The first-order valence-electron chi connectivity index (χ1n) is 12.0. The maximum atomic E-state index is 15.7. The number of carbonyl (C=O) groups is 2. The Labute approximate surface area is 238 Å². The highest BCUT2D eigenvalue weighted by atomic mass is 35.5. The molecule has 11 heteroatoms. The molecule has 39 heavy (non-hydrogen) atoms. The van der Waals surface area contributed by atoms with Crippen LogP contribution in [-0.4, -0.2) is 29.1 Å². The zero-order chi connectivity index (χ0) is 28.7. The van der Waals surface area contributed by atoms with Crippen molar-refractivity contribution in [3.8, 4) is 6.07 Å². The summed E-state index contributed by atoms with van der Waals surface area (Å²) in [4.78, 5) is 25.4. The molecule has 6 nitrogen and oxygen atoms in total. The summed E-state index contributed by atoms with van der Waals surface area (Å²) in [5.41, 5.74) is -2.21. The maximum absolute atomic E-state index is 15.7. The number of nitrogens with zero attached hydrogens (tertiary/aromatic N) is 1. The highest BCUT2D eigenvalue weighted by Gasteiger charge is 2.61. The predicted octanol–water partition coefficient (Wildman–Crippen LogP) is 6.99. The van der Waals surface area contributed by atoms with Crippen molar-refractivity contribution in [2.24, 2.45) is 5.41 Å². The van der Waals surface area contributed by atoms with Crippen LogP contribution in [0.5, 0.6) is 0 Å².